The van der Waals surface area contributed by atoms with E-state index >= 15 is 0 Å². The fraction of sp³-hybridized carbons (Fsp3) is 0.0588. The first-order valence-corrected chi connectivity index (χ1v) is 7.06. The Labute approximate surface area is 141 Å². The van der Waals surface area contributed by atoms with E-state index in [4.69, 9.17) is 6.57 Å². The molecule has 1 aliphatic carbocycles. The van der Waals surface area contributed by atoms with Crippen molar-refractivity contribution in [3.05, 3.63) is 84.5 Å². The van der Waals surface area contributed by atoms with E-state index < -0.39 is 15.5 Å². The average molecular weight is 334 g/mol. The van der Waals surface area contributed by atoms with Crippen LogP contribution in [-0.4, -0.2) is 16.6 Å². The predicted octanol–water partition coefficient (Wildman–Crippen LogP) is 4.13. The lowest BCUT2D eigenvalue weighted by atomic mass is 10.0. The number of aryl methyl sites for hydroxylation is 1. The number of nitrogens with zero attached hydrogens (tertiary/aromatic N) is 4. The van der Waals surface area contributed by atoms with Crippen molar-refractivity contribution < 1.29 is 9.85 Å². The van der Waals surface area contributed by atoms with Crippen LogP contribution in [0.3, 0.4) is 0 Å². The summed E-state index contributed by atoms with van der Waals surface area (Å²) in [6.45, 7) is 12.5. The van der Waals surface area contributed by atoms with Gasteiger partial charge in [-0.3, -0.25) is 20.2 Å². The van der Waals surface area contributed by atoms with E-state index in [2.05, 4.69) is 16.6 Å². The molecule has 0 radical (unpaired) electrons. The zero-order valence-electron chi connectivity index (χ0n) is 13.0. The van der Waals surface area contributed by atoms with E-state index in [0.29, 0.717) is 16.7 Å². The van der Waals surface area contributed by atoms with E-state index in [1.165, 1.54) is 6.07 Å². The van der Waals surface area contributed by atoms with Crippen molar-refractivity contribution in [2.45, 2.75) is 6.92 Å². The van der Waals surface area contributed by atoms with Crippen LogP contribution in [0.4, 0.5) is 11.4 Å². The first kappa shape index (κ1) is 16.0. The molecule has 0 spiro atoms. The van der Waals surface area contributed by atoms with Crippen molar-refractivity contribution in [2.24, 2.45) is 4.99 Å². The third-order valence-corrected chi connectivity index (χ3v) is 3.97. The molecule has 0 atom stereocenters. The van der Waals surface area contributed by atoms with Gasteiger partial charge in [0.15, 0.2) is 0 Å². The van der Waals surface area contributed by atoms with Gasteiger partial charge in [0.25, 0.3) is 17.2 Å². The number of aliphatic imine (C=N–C) groups is 1. The van der Waals surface area contributed by atoms with E-state index in [-0.39, 0.29) is 22.6 Å². The van der Waals surface area contributed by atoms with Gasteiger partial charge in [0, 0.05) is 11.6 Å². The standard InChI is InChI=1S/C17H10N4O4/c1-9-4-5-11-12(6-9)16(17(18-2)19-3)13-7-10(20(22)23)8-14(15(11)13)21(24)25/h4-8H,2H2,1H3/b17-16-. The topological polar surface area (TPSA) is 103 Å². The molecule has 2 aromatic carbocycles. The summed E-state index contributed by atoms with van der Waals surface area (Å²) in [4.78, 5) is 28.4. The van der Waals surface area contributed by atoms with Crippen molar-refractivity contribution in [1.29, 1.82) is 0 Å². The lowest BCUT2D eigenvalue weighted by molar-refractivity contribution is -0.393. The molecule has 0 aliphatic heterocycles. The van der Waals surface area contributed by atoms with Gasteiger partial charge in [0.1, 0.15) is 0 Å². The summed E-state index contributed by atoms with van der Waals surface area (Å²) in [6, 6.07) is 7.44. The van der Waals surface area contributed by atoms with E-state index in [9.17, 15) is 20.2 Å². The molecule has 122 valence electrons. The molecule has 8 nitrogen and oxygen atoms in total. The summed E-state index contributed by atoms with van der Waals surface area (Å²) in [5.74, 6) is -0.0552. The normalized spacial score (nSPS) is 13.4. The zero-order chi connectivity index (χ0) is 18.3. The van der Waals surface area contributed by atoms with Crippen LogP contribution in [0, 0.1) is 33.7 Å². The highest BCUT2D eigenvalue weighted by molar-refractivity contribution is 6.06. The Morgan fingerprint density at radius 1 is 1.12 bits per heavy atom. The molecule has 3 rings (SSSR count). The number of nitro benzene ring substituents is 2. The molecule has 1 aliphatic rings. The van der Waals surface area contributed by atoms with Gasteiger partial charge in [-0.1, -0.05) is 30.3 Å². The monoisotopic (exact) mass is 334 g/mol. The van der Waals surface area contributed by atoms with Crippen molar-refractivity contribution in [1.82, 2.24) is 0 Å². The number of hydrogen-bond donors (Lipinski definition) is 0. The Morgan fingerprint density at radius 2 is 1.84 bits per heavy atom. The summed E-state index contributed by atoms with van der Waals surface area (Å²) < 4.78 is 0. The van der Waals surface area contributed by atoms with Crippen molar-refractivity contribution in [3.63, 3.8) is 0 Å². The lowest BCUT2D eigenvalue weighted by Gasteiger charge is -2.04. The molecule has 0 fully saturated rings. The Kier molecular flexibility index (Phi) is 3.62. The fourth-order valence-electron chi connectivity index (χ4n) is 2.98. The second kappa shape index (κ2) is 5.65. The van der Waals surface area contributed by atoms with Gasteiger partial charge >= 0.3 is 0 Å². The maximum absolute atomic E-state index is 11.5. The number of fused-ring (bicyclic) bond motifs is 3. The molecular formula is C17H10N4O4. The smallest absolute Gasteiger partial charge is 0.284 e. The Balaban J connectivity index is 2.54. The quantitative estimate of drug-likeness (QED) is 0.311. The molecule has 0 unspecified atom stereocenters. The Morgan fingerprint density at radius 3 is 2.40 bits per heavy atom. The van der Waals surface area contributed by atoms with Gasteiger partial charge in [0.2, 0.25) is 0 Å². The number of nitro groups is 2. The minimum atomic E-state index is -0.696. The second-order valence-electron chi connectivity index (χ2n) is 5.42. The Hall–Kier alpha value is -3.86. The van der Waals surface area contributed by atoms with Crippen molar-refractivity contribution >= 4 is 23.7 Å². The minimum Gasteiger partial charge on any atom is -0.360 e. The number of rotatable bonds is 3. The predicted molar refractivity (Wildman–Crippen MR) is 92.1 cm³/mol. The van der Waals surface area contributed by atoms with Gasteiger partial charge in [-0.15, -0.1) is 4.99 Å². The van der Waals surface area contributed by atoms with Gasteiger partial charge in [-0.2, -0.15) is 0 Å². The van der Waals surface area contributed by atoms with Crippen LogP contribution >= 0.6 is 0 Å². The number of hydrogen-bond acceptors (Lipinski definition) is 5. The van der Waals surface area contributed by atoms with Gasteiger partial charge in [-0.05, 0) is 23.6 Å². The van der Waals surface area contributed by atoms with Crippen molar-refractivity contribution in [2.75, 3.05) is 0 Å². The van der Waals surface area contributed by atoms with Gasteiger partial charge < -0.3 is 4.85 Å². The lowest BCUT2D eigenvalue weighted by Crippen LogP contribution is -1.97. The summed E-state index contributed by atoms with van der Waals surface area (Å²) in [5, 5.41) is 22.7. The van der Waals surface area contributed by atoms with Crippen LogP contribution in [-0.2, 0) is 0 Å². The second-order valence-corrected chi connectivity index (χ2v) is 5.42. The molecule has 0 heterocycles. The highest BCUT2D eigenvalue weighted by atomic mass is 16.6. The molecule has 0 saturated heterocycles. The SMILES string of the molecule is [C-]#[N+]/C(N=C)=C1/c2cc(C)ccc2-c2c1cc([N+](=O)[O-])cc2[N+](=O)[O-]. The van der Waals surface area contributed by atoms with Crippen molar-refractivity contribution in [3.8, 4) is 11.1 Å². The van der Waals surface area contributed by atoms with Crippen LogP contribution in [0.2, 0.25) is 0 Å². The maximum Gasteiger partial charge on any atom is 0.284 e. The number of benzene rings is 2. The highest BCUT2D eigenvalue weighted by Gasteiger charge is 2.35. The molecule has 0 amide bonds. The summed E-state index contributed by atoms with van der Waals surface area (Å²) in [6.07, 6.45) is 0. The van der Waals surface area contributed by atoms with Crippen LogP contribution in [0.15, 0.2) is 41.1 Å². The highest BCUT2D eigenvalue weighted by Crippen LogP contribution is 2.51. The average Bonchev–Trinajstić information content (AvgIpc) is 2.89. The molecule has 0 N–H and O–H groups in total. The molecule has 25 heavy (non-hydrogen) atoms. The van der Waals surface area contributed by atoms with Gasteiger partial charge in [-0.25, -0.2) is 0 Å². The summed E-state index contributed by atoms with van der Waals surface area (Å²) in [7, 11) is 0. The van der Waals surface area contributed by atoms with Crippen LogP contribution in [0.25, 0.3) is 21.5 Å². The zero-order valence-corrected chi connectivity index (χ0v) is 13.0. The fourth-order valence-corrected chi connectivity index (χ4v) is 2.98. The summed E-state index contributed by atoms with van der Waals surface area (Å²) >= 11 is 0. The molecule has 2 aromatic rings. The third kappa shape index (κ3) is 2.35. The van der Waals surface area contributed by atoms with Gasteiger partial charge in [0.05, 0.1) is 28.2 Å². The largest absolute Gasteiger partial charge is 0.360 e. The molecular weight excluding hydrogens is 324 g/mol. The maximum atomic E-state index is 11.5. The van der Waals surface area contributed by atoms with E-state index in [0.717, 1.165) is 11.6 Å². The third-order valence-electron chi connectivity index (χ3n) is 3.97. The van der Waals surface area contributed by atoms with E-state index in [1.807, 2.05) is 6.92 Å². The first-order chi connectivity index (χ1) is 11.9. The molecule has 8 heteroatoms. The first-order valence-electron chi connectivity index (χ1n) is 7.06. The van der Waals surface area contributed by atoms with Crippen LogP contribution in [0.1, 0.15) is 16.7 Å². The molecule has 0 saturated carbocycles. The van der Waals surface area contributed by atoms with Crippen LogP contribution in [0.5, 0.6) is 0 Å². The Bertz CT molecular complexity index is 1050. The van der Waals surface area contributed by atoms with E-state index in [1.54, 1.807) is 18.2 Å². The molecule has 0 bridgehead atoms. The number of non-ortho nitro benzene ring substituents is 1. The van der Waals surface area contributed by atoms with Crippen LogP contribution < -0.4 is 0 Å². The molecule has 0 aromatic heterocycles. The minimum absolute atomic E-state index is 0.0552. The summed E-state index contributed by atoms with van der Waals surface area (Å²) in [5.41, 5.74) is 2.04.